The summed E-state index contributed by atoms with van der Waals surface area (Å²) in [4.78, 5) is 0. The van der Waals surface area contributed by atoms with Crippen LogP contribution in [-0.2, 0) is 49.4 Å². The molecular weight excluding hydrogens is 1050 g/mol. The third-order valence-electron chi connectivity index (χ3n) is 11.3. The van der Waals surface area contributed by atoms with E-state index < -0.39 is 88.8 Å². The molecule has 0 N–H and O–H groups in total. The Labute approximate surface area is 423 Å². The molecule has 0 spiro atoms. The second-order valence-electron chi connectivity index (χ2n) is 17.4. The van der Waals surface area contributed by atoms with E-state index >= 15 is 0 Å². The van der Waals surface area contributed by atoms with Crippen molar-refractivity contribution in [3.8, 4) is 0 Å². The van der Waals surface area contributed by atoms with Gasteiger partial charge in [0.15, 0.2) is 27.1 Å². The summed E-state index contributed by atoms with van der Waals surface area (Å²) in [6, 6.07) is 68.3. The van der Waals surface area contributed by atoms with Crippen molar-refractivity contribution in [2.45, 2.75) is 39.3 Å². The summed E-state index contributed by atoms with van der Waals surface area (Å²) in [7, 11) is -37.9. The zero-order valence-electron chi connectivity index (χ0n) is 39.6. The number of hydrogen-bond acceptors (Lipinski definition) is 12. The average Bonchev–Trinajstić information content (AvgIpc) is 3.36. The molecule has 70 heavy (non-hydrogen) atoms. The highest BCUT2D eigenvalue weighted by Gasteiger charge is 2.81. The summed E-state index contributed by atoms with van der Waals surface area (Å²) < 4.78 is 96.2. The van der Waals surface area contributed by atoms with Crippen molar-refractivity contribution >= 4 is 125 Å². The SMILES string of the molecule is C[Si](C)O[Si]1(c2ccccc2)O[Si]2(c3ccccc3)O[Si](O[Si](C)C)(c3ccccc3)O[Si]3(c4ccccc4)O[Si](O[Si](C)C)(c4ccccc4)O[Si](c4ccccc4)(O1)O[Si](c1ccccc1)(O2)O3. The van der Waals surface area contributed by atoms with Gasteiger partial charge in [-0.25, -0.2) is 0 Å². The molecule has 3 aliphatic rings. The molecule has 357 valence electrons. The third-order valence-corrected chi connectivity index (χ3v) is 46.1. The van der Waals surface area contributed by atoms with Crippen LogP contribution in [0.1, 0.15) is 0 Å². The Hall–Kier alpha value is -3.77. The first-order valence-electron chi connectivity index (χ1n) is 23.0. The second-order valence-corrected chi connectivity index (χ2v) is 44.5. The minimum atomic E-state index is -4.79. The minimum absolute atomic E-state index is 0.580. The molecule has 12 nitrogen and oxygen atoms in total. The van der Waals surface area contributed by atoms with E-state index in [0.717, 1.165) is 0 Å². The van der Waals surface area contributed by atoms with Crippen molar-refractivity contribution in [3.05, 3.63) is 212 Å². The normalized spacial score (nSPS) is 30.0. The molecule has 3 aliphatic heterocycles. The lowest BCUT2D eigenvalue weighted by Crippen LogP contribution is -2.91. The maximum Gasteiger partial charge on any atom is 0.515 e. The Kier molecular flexibility index (Phi) is 14.4. The highest BCUT2D eigenvalue weighted by Crippen LogP contribution is 2.43. The molecule has 22 heteroatoms. The lowest BCUT2D eigenvalue weighted by Gasteiger charge is -2.58. The number of hydrogen-bond donors (Lipinski definition) is 0. The van der Waals surface area contributed by atoms with E-state index in [-0.39, 0.29) is 0 Å². The molecule has 10 rings (SSSR count). The topological polar surface area (TPSA) is 111 Å². The van der Waals surface area contributed by atoms with E-state index in [9.17, 15) is 0 Å². The van der Waals surface area contributed by atoms with Crippen molar-refractivity contribution in [1.29, 1.82) is 0 Å². The van der Waals surface area contributed by atoms with Crippen molar-refractivity contribution < 1.29 is 49.4 Å². The number of benzene rings is 7. The van der Waals surface area contributed by atoms with E-state index in [1.54, 1.807) is 0 Å². The predicted octanol–water partition coefficient (Wildman–Crippen LogP) is 4.90. The minimum Gasteiger partial charge on any atom is -0.413 e. The first-order chi connectivity index (χ1) is 33.8. The maximum absolute atomic E-state index is 8.23. The number of rotatable bonds is 13. The van der Waals surface area contributed by atoms with Gasteiger partial charge in [-0.2, -0.15) is 0 Å². The van der Waals surface area contributed by atoms with Crippen molar-refractivity contribution in [1.82, 2.24) is 0 Å². The molecule has 3 saturated heterocycles. The fraction of sp³-hybridized carbons (Fsp3) is 0.125. The maximum atomic E-state index is 8.23. The van der Waals surface area contributed by atoms with Crippen LogP contribution in [-0.4, -0.2) is 88.8 Å². The lowest BCUT2D eigenvalue weighted by molar-refractivity contribution is 0.0396. The molecule has 0 amide bonds. The Morgan fingerprint density at radius 2 is 0.386 bits per heavy atom. The predicted molar refractivity (Wildman–Crippen MR) is 288 cm³/mol. The van der Waals surface area contributed by atoms with Gasteiger partial charge in [-0.1, -0.05) is 212 Å². The summed E-state index contributed by atoms with van der Waals surface area (Å²) in [5.41, 5.74) is 0. The van der Waals surface area contributed by atoms with Crippen LogP contribution in [0.25, 0.3) is 0 Å². The van der Waals surface area contributed by atoms with Gasteiger partial charge >= 0.3 is 61.6 Å². The van der Waals surface area contributed by atoms with Crippen LogP contribution < -0.4 is 36.3 Å². The van der Waals surface area contributed by atoms with Crippen LogP contribution in [0.15, 0.2) is 212 Å². The summed E-state index contributed by atoms with van der Waals surface area (Å²) in [5, 5.41) is 4.31. The van der Waals surface area contributed by atoms with Gasteiger partial charge in [-0.3, -0.25) is 0 Å². The fourth-order valence-corrected chi connectivity index (χ4v) is 53.2. The molecule has 0 unspecified atom stereocenters. The molecule has 7 aromatic rings. The Morgan fingerprint density at radius 1 is 0.229 bits per heavy atom. The van der Waals surface area contributed by atoms with Gasteiger partial charge < -0.3 is 49.4 Å². The van der Waals surface area contributed by atoms with Gasteiger partial charge in [0.1, 0.15) is 0 Å². The van der Waals surface area contributed by atoms with Crippen molar-refractivity contribution in [2.24, 2.45) is 0 Å². The average molecular weight is 1100 g/mol. The molecule has 7 aromatic carbocycles. The highest BCUT2D eigenvalue weighted by molar-refractivity contribution is 7.11. The first kappa shape index (κ1) is 49.8. The monoisotopic (exact) mass is 1100 g/mol. The van der Waals surface area contributed by atoms with Gasteiger partial charge in [0, 0.05) is 36.3 Å². The van der Waals surface area contributed by atoms with E-state index in [2.05, 4.69) is 39.3 Å². The molecule has 4 bridgehead atoms. The van der Waals surface area contributed by atoms with Crippen molar-refractivity contribution in [3.63, 3.8) is 0 Å². The quantitative estimate of drug-likeness (QED) is 0.147. The van der Waals surface area contributed by atoms with Crippen LogP contribution in [0.5, 0.6) is 0 Å². The summed E-state index contributed by atoms with van der Waals surface area (Å²) in [6.07, 6.45) is 0. The third kappa shape index (κ3) is 9.64. The molecule has 0 saturated carbocycles. The van der Waals surface area contributed by atoms with Crippen molar-refractivity contribution in [2.75, 3.05) is 0 Å². The van der Waals surface area contributed by atoms with Gasteiger partial charge in [0.2, 0.25) is 0 Å². The van der Waals surface area contributed by atoms with E-state index in [0.29, 0.717) is 36.3 Å². The molecule has 0 aliphatic carbocycles. The highest BCUT2D eigenvalue weighted by atomic mass is 28.6. The molecular formula is C48H53O12Si10. The molecule has 3 heterocycles. The fourth-order valence-electron chi connectivity index (χ4n) is 8.57. The van der Waals surface area contributed by atoms with Crippen LogP contribution in [0.3, 0.4) is 0 Å². The lowest BCUT2D eigenvalue weighted by atomic mass is 10.4. The molecule has 3 radical (unpaired) electrons. The van der Waals surface area contributed by atoms with Gasteiger partial charge in [-0.05, 0) is 39.3 Å². The summed E-state index contributed by atoms with van der Waals surface area (Å²) >= 11 is 0. The van der Waals surface area contributed by atoms with E-state index in [4.69, 9.17) is 49.4 Å². The Balaban J connectivity index is 1.44. The Morgan fingerprint density at radius 3 is 0.557 bits per heavy atom. The van der Waals surface area contributed by atoms with Gasteiger partial charge in [0.05, 0.1) is 0 Å². The number of fused-ring (bicyclic) bond motifs is 3. The van der Waals surface area contributed by atoms with Crippen LogP contribution >= 0.6 is 0 Å². The zero-order valence-corrected chi connectivity index (χ0v) is 49.6. The van der Waals surface area contributed by atoms with E-state index in [1.807, 2.05) is 212 Å². The molecule has 0 atom stereocenters. The van der Waals surface area contributed by atoms with E-state index in [1.165, 1.54) is 0 Å². The largest absolute Gasteiger partial charge is 0.515 e. The van der Waals surface area contributed by atoms with Crippen LogP contribution in [0, 0.1) is 0 Å². The second kappa shape index (κ2) is 20.3. The standard InChI is InChI=1S/C48H53O12Si10/c1-61(2)49-64(42-28-14-7-15-29-42)52-67(45-34-20-10-21-35-45)54-65(50-62(3)4,43-30-16-8-17-31-43)56-69(47-38-24-12-25-39-47)57-66(51-63(5)6,44-32-18-9-19-33-44)55-68(53-64,46-36-22-11-23-37-46)59-70(58-67,60-69)48-40-26-13-27-41-48/h7-41H,1-6H3. The smallest absolute Gasteiger partial charge is 0.413 e. The Bertz CT molecular complexity index is 2520. The summed E-state index contributed by atoms with van der Waals surface area (Å²) in [6.45, 7) is 12.4. The zero-order chi connectivity index (χ0) is 48.5. The first-order valence-corrected chi connectivity index (χ1v) is 42.3. The van der Waals surface area contributed by atoms with Crippen LogP contribution in [0.2, 0.25) is 39.3 Å². The van der Waals surface area contributed by atoms with Crippen LogP contribution in [0.4, 0.5) is 0 Å². The molecule has 3 fully saturated rings. The van der Waals surface area contributed by atoms with Gasteiger partial charge in [-0.15, -0.1) is 0 Å². The summed E-state index contributed by atoms with van der Waals surface area (Å²) in [5.74, 6) is 0. The van der Waals surface area contributed by atoms with Gasteiger partial charge in [0.25, 0.3) is 0 Å². The molecule has 0 aromatic heterocycles.